The van der Waals surface area contributed by atoms with Crippen LogP contribution in [0.15, 0.2) is 79.0 Å². The number of rotatable bonds is 7. The fourth-order valence-corrected chi connectivity index (χ4v) is 3.90. The molecule has 1 heterocycles. The molecule has 0 radical (unpaired) electrons. The molecule has 5 heteroatoms. The molecular weight excluding hydrogens is 398 g/mol. The Morgan fingerprint density at radius 3 is 2.41 bits per heavy atom. The second-order valence-electron chi connectivity index (χ2n) is 8.04. The molecule has 0 fully saturated rings. The maximum Gasteiger partial charge on any atom is 0.251 e. The van der Waals surface area contributed by atoms with Crippen LogP contribution >= 0.6 is 0 Å². The van der Waals surface area contributed by atoms with Gasteiger partial charge in [0.1, 0.15) is 0 Å². The number of aryl methyl sites for hydroxylation is 2. The van der Waals surface area contributed by atoms with Crippen molar-refractivity contribution >= 4 is 22.7 Å². The first-order chi connectivity index (χ1) is 15.5. The number of aromatic amines is 1. The molecule has 3 aromatic carbocycles. The molecule has 0 aliphatic carbocycles. The van der Waals surface area contributed by atoms with Crippen molar-refractivity contribution in [1.29, 1.82) is 0 Å². The van der Waals surface area contributed by atoms with Gasteiger partial charge in [0.15, 0.2) is 0 Å². The van der Waals surface area contributed by atoms with Gasteiger partial charge < -0.3 is 15.6 Å². The van der Waals surface area contributed by atoms with E-state index in [0.29, 0.717) is 12.1 Å². The molecule has 2 amide bonds. The SMILES string of the molecule is Cc1ccc(C(=O)NCC(=O)NCC(c2ccccc2)c2c[nH]c3ccccc23)cc1C. The molecule has 162 valence electrons. The lowest BCUT2D eigenvalue weighted by Crippen LogP contribution is -2.38. The van der Waals surface area contributed by atoms with Crippen molar-refractivity contribution in [2.24, 2.45) is 0 Å². The van der Waals surface area contributed by atoms with E-state index in [1.54, 1.807) is 6.07 Å². The molecule has 1 atom stereocenters. The average molecular weight is 426 g/mol. The zero-order valence-corrected chi connectivity index (χ0v) is 18.3. The summed E-state index contributed by atoms with van der Waals surface area (Å²) in [5, 5.41) is 6.85. The number of aromatic nitrogens is 1. The summed E-state index contributed by atoms with van der Waals surface area (Å²) in [5.74, 6) is -0.478. The molecule has 0 saturated carbocycles. The second kappa shape index (κ2) is 9.52. The van der Waals surface area contributed by atoms with Crippen LogP contribution in [0.25, 0.3) is 10.9 Å². The fraction of sp³-hybridized carbons (Fsp3) is 0.185. The van der Waals surface area contributed by atoms with Gasteiger partial charge in [0.05, 0.1) is 6.54 Å². The van der Waals surface area contributed by atoms with Gasteiger partial charge in [-0.2, -0.15) is 0 Å². The van der Waals surface area contributed by atoms with Crippen molar-refractivity contribution in [2.45, 2.75) is 19.8 Å². The maximum atomic E-state index is 12.5. The van der Waals surface area contributed by atoms with E-state index in [2.05, 4.69) is 33.8 Å². The molecule has 0 spiro atoms. The van der Waals surface area contributed by atoms with Gasteiger partial charge in [-0.3, -0.25) is 9.59 Å². The van der Waals surface area contributed by atoms with Gasteiger partial charge in [0.25, 0.3) is 5.91 Å². The minimum absolute atomic E-state index is 0.00764. The maximum absolute atomic E-state index is 12.5. The Morgan fingerprint density at radius 1 is 0.875 bits per heavy atom. The third-order valence-electron chi connectivity index (χ3n) is 5.88. The van der Waals surface area contributed by atoms with E-state index in [-0.39, 0.29) is 24.3 Å². The lowest BCUT2D eigenvalue weighted by atomic mass is 9.91. The molecule has 1 aromatic heterocycles. The van der Waals surface area contributed by atoms with Crippen LogP contribution in [0.1, 0.15) is 38.5 Å². The highest BCUT2D eigenvalue weighted by Gasteiger charge is 2.19. The first kappa shape index (κ1) is 21.4. The quantitative estimate of drug-likeness (QED) is 0.409. The number of H-pyrrole nitrogens is 1. The minimum atomic E-state index is -0.250. The van der Waals surface area contributed by atoms with E-state index < -0.39 is 0 Å². The Bertz CT molecular complexity index is 1240. The number of amides is 2. The highest BCUT2D eigenvalue weighted by Crippen LogP contribution is 2.30. The van der Waals surface area contributed by atoms with Crippen LogP contribution in [0.3, 0.4) is 0 Å². The summed E-state index contributed by atoms with van der Waals surface area (Å²) in [6.45, 7) is 4.33. The molecule has 5 nitrogen and oxygen atoms in total. The van der Waals surface area contributed by atoms with Crippen LogP contribution in [0.2, 0.25) is 0 Å². The first-order valence-electron chi connectivity index (χ1n) is 10.8. The number of carbonyl (C=O) groups excluding carboxylic acids is 2. The van der Waals surface area contributed by atoms with Crippen LogP contribution in [0.4, 0.5) is 0 Å². The van der Waals surface area contributed by atoms with Crippen LogP contribution < -0.4 is 10.6 Å². The Morgan fingerprint density at radius 2 is 1.62 bits per heavy atom. The number of benzene rings is 3. The number of carbonyl (C=O) groups is 2. The smallest absolute Gasteiger partial charge is 0.251 e. The van der Waals surface area contributed by atoms with Gasteiger partial charge in [-0.05, 0) is 54.3 Å². The van der Waals surface area contributed by atoms with Crippen LogP contribution in [0.5, 0.6) is 0 Å². The van der Waals surface area contributed by atoms with Gasteiger partial charge in [0, 0.05) is 35.1 Å². The predicted octanol–water partition coefficient (Wildman–Crippen LogP) is 4.46. The molecule has 4 aromatic rings. The third-order valence-corrected chi connectivity index (χ3v) is 5.88. The second-order valence-corrected chi connectivity index (χ2v) is 8.04. The number of nitrogens with one attached hydrogen (secondary N) is 3. The Kier molecular flexibility index (Phi) is 6.36. The molecule has 0 bridgehead atoms. The molecule has 1 unspecified atom stereocenters. The summed E-state index contributed by atoms with van der Waals surface area (Å²) in [6, 6.07) is 23.8. The van der Waals surface area contributed by atoms with Gasteiger partial charge in [-0.25, -0.2) is 0 Å². The monoisotopic (exact) mass is 425 g/mol. The van der Waals surface area contributed by atoms with Crippen molar-refractivity contribution < 1.29 is 9.59 Å². The van der Waals surface area contributed by atoms with E-state index in [0.717, 1.165) is 33.2 Å². The number of fused-ring (bicyclic) bond motifs is 1. The summed E-state index contributed by atoms with van der Waals surface area (Å²) in [6.07, 6.45) is 2.01. The van der Waals surface area contributed by atoms with Gasteiger partial charge in [0.2, 0.25) is 5.91 Å². The van der Waals surface area contributed by atoms with Crippen molar-refractivity contribution in [3.63, 3.8) is 0 Å². The van der Waals surface area contributed by atoms with Crippen molar-refractivity contribution in [2.75, 3.05) is 13.1 Å². The lowest BCUT2D eigenvalue weighted by Gasteiger charge is -2.18. The van der Waals surface area contributed by atoms with E-state index in [1.807, 2.05) is 68.6 Å². The summed E-state index contributed by atoms with van der Waals surface area (Å²) < 4.78 is 0. The Labute approximate surface area is 187 Å². The van der Waals surface area contributed by atoms with Gasteiger partial charge in [-0.15, -0.1) is 0 Å². The molecule has 3 N–H and O–H groups in total. The largest absolute Gasteiger partial charge is 0.361 e. The van der Waals surface area contributed by atoms with E-state index in [4.69, 9.17) is 0 Å². The van der Waals surface area contributed by atoms with Crippen molar-refractivity contribution in [3.05, 3.63) is 107 Å². The zero-order valence-electron chi connectivity index (χ0n) is 18.3. The van der Waals surface area contributed by atoms with Crippen molar-refractivity contribution in [1.82, 2.24) is 15.6 Å². The Hall–Kier alpha value is -3.86. The molecule has 4 rings (SSSR count). The molecule has 32 heavy (non-hydrogen) atoms. The molecule has 0 aliphatic rings. The summed E-state index contributed by atoms with van der Waals surface area (Å²) in [5.41, 5.74) is 6.05. The topological polar surface area (TPSA) is 74.0 Å². The Balaban J connectivity index is 1.43. The summed E-state index contributed by atoms with van der Waals surface area (Å²) in [4.78, 5) is 28.3. The highest BCUT2D eigenvalue weighted by atomic mass is 16.2. The molecular formula is C27H27N3O2. The van der Waals surface area contributed by atoms with E-state index >= 15 is 0 Å². The number of para-hydroxylation sites is 1. The summed E-state index contributed by atoms with van der Waals surface area (Å²) in [7, 11) is 0. The summed E-state index contributed by atoms with van der Waals surface area (Å²) >= 11 is 0. The van der Waals surface area contributed by atoms with Crippen LogP contribution in [0, 0.1) is 13.8 Å². The van der Waals surface area contributed by atoms with Crippen LogP contribution in [-0.4, -0.2) is 29.9 Å². The average Bonchev–Trinajstić information content (AvgIpc) is 3.24. The number of hydrogen-bond donors (Lipinski definition) is 3. The van der Waals surface area contributed by atoms with Gasteiger partial charge in [-0.1, -0.05) is 54.6 Å². The highest BCUT2D eigenvalue weighted by molar-refractivity contribution is 5.96. The minimum Gasteiger partial charge on any atom is -0.361 e. The van der Waals surface area contributed by atoms with E-state index in [9.17, 15) is 9.59 Å². The van der Waals surface area contributed by atoms with Crippen LogP contribution in [-0.2, 0) is 4.79 Å². The first-order valence-corrected chi connectivity index (χ1v) is 10.8. The predicted molar refractivity (Wildman–Crippen MR) is 128 cm³/mol. The third kappa shape index (κ3) is 4.72. The molecule has 0 aliphatic heterocycles. The lowest BCUT2D eigenvalue weighted by molar-refractivity contribution is -0.120. The van der Waals surface area contributed by atoms with E-state index in [1.165, 1.54) is 0 Å². The fourth-order valence-electron chi connectivity index (χ4n) is 3.90. The standard InChI is InChI=1S/C27H27N3O2/c1-18-12-13-21(14-19(18)2)27(32)30-17-26(31)29-15-23(20-8-4-3-5-9-20)24-16-28-25-11-7-6-10-22(24)25/h3-14,16,23,28H,15,17H2,1-2H3,(H,29,31)(H,30,32). The van der Waals surface area contributed by atoms with Gasteiger partial charge >= 0.3 is 0 Å². The number of hydrogen-bond acceptors (Lipinski definition) is 2. The van der Waals surface area contributed by atoms with Crippen molar-refractivity contribution in [3.8, 4) is 0 Å². The molecule has 0 saturated heterocycles. The normalized spacial score (nSPS) is 11.8. The zero-order chi connectivity index (χ0) is 22.5.